The Kier molecular flexibility index (Phi) is 2.86. The summed E-state index contributed by atoms with van der Waals surface area (Å²) in [4.78, 5) is 21.8. The SMILES string of the molecule is CSc1cc([N+](=O)[O-])cnc1-c1cnc[nH]1. The third-order valence-corrected chi connectivity index (χ3v) is 2.77. The van der Waals surface area contributed by atoms with Crippen molar-refractivity contribution in [1.29, 1.82) is 0 Å². The molecule has 0 aromatic carbocycles. The molecule has 0 fully saturated rings. The Morgan fingerprint density at radius 3 is 2.88 bits per heavy atom. The van der Waals surface area contributed by atoms with Gasteiger partial charge in [-0.1, -0.05) is 0 Å². The molecule has 0 radical (unpaired) electrons. The van der Waals surface area contributed by atoms with E-state index in [0.717, 1.165) is 10.6 Å². The van der Waals surface area contributed by atoms with E-state index in [1.807, 2.05) is 6.26 Å². The molecule has 0 spiro atoms. The van der Waals surface area contributed by atoms with Crippen molar-refractivity contribution in [2.24, 2.45) is 0 Å². The standard InChI is InChI=1S/C9H8N4O2S/c1-16-8-2-6(13(14)15)3-11-9(8)7-4-10-5-12-7/h2-5H,1H3,(H,10,12). The molecule has 1 N–H and O–H groups in total. The highest BCUT2D eigenvalue weighted by molar-refractivity contribution is 7.98. The Morgan fingerprint density at radius 2 is 2.31 bits per heavy atom. The number of nitrogens with zero attached hydrogens (tertiary/aromatic N) is 3. The average molecular weight is 236 g/mol. The summed E-state index contributed by atoms with van der Waals surface area (Å²) in [5.41, 5.74) is 1.42. The first-order valence-corrected chi connectivity index (χ1v) is 5.62. The maximum absolute atomic E-state index is 10.6. The van der Waals surface area contributed by atoms with Crippen LogP contribution in [0.15, 0.2) is 29.7 Å². The van der Waals surface area contributed by atoms with Gasteiger partial charge in [0.2, 0.25) is 0 Å². The van der Waals surface area contributed by atoms with Crippen LogP contribution in [0.4, 0.5) is 5.69 Å². The molecule has 0 aliphatic rings. The van der Waals surface area contributed by atoms with Crippen LogP contribution in [0.3, 0.4) is 0 Å². The van der Waals surface area contributed by atoms with Crippen LogP contribution in [0.25, 0.3) is 11.4 Å². The highest BCUT2D eigenvalue weighted by atomic mass is 32.2. The number of imidazole rings is 1. The summed E-state index contributed by atoms with van der Waals surface area (Å²) >= 11 is 1.41. The lowest BCUT2D eigenvalue weighted by molar-refractivity contribution is -0.385. The summed E-state index contributed by atoms with van der Waals surface area (Å²) in [6, 6.07) is 1.51. The molecule has 0 saturated heterocycles. The van der Waals surface area contributed by atoms with E-state index in [1.54, 1.807) is 12.5 Å². The number of thioether (sulfide) groups is 1. The van der Waals surface area contributed by atoms with E-state index in [-0.39, 0.29) is 5.69 Å². The summed E-state index contributed by atoms with van der Waals surface area (Å²) < 4.78 is 0. The minimum atomic E-state index is -0.455. The summed E-state index contributed by atoms with van der Waals surface area (Å²) in [5, 5.41) is 10.6. The van der Waals surface area contributed by atoms with E-state index in [0.29, 0.717) is 5.69 Å². The quantitative estimate of drug-likeness (QED) is 0.501. The molecular weight excluding hydrogens is 228 g/mol. The van der Waals surface area contributed by atoms with Gasteiger partial charge in [-0.15, -0.1) is 11.8 Å². The van der Waals surface area contributed by atoms with Gasteiger partial charge in [-0.3, -0.25) is 10.1 Å². The molecule has 0 aliphatic heterocycles. The molecule has 0 unspecified atom stereocenters. The number of hydrogen-bond acceptors (Lipinski definition) is 5. The van der Waals surface area contributed by atoms with Crippen molar-refractivity contribution in [3.8, 4) is 11.4 Å². The Labute approximate surface area is 95.3 Å². The van der Waals surface area contributed by atoms with E-state index < -0.39 is 4.92 Å². The molecule has 0 bridgehead atoms. The largest absolute Gasteiger partial charge is 0.343 e. The average Bonchev–Trinajstić information content (AvgIpc) is 2.81. The third kappa shape index (κ3) is 1.89. The second-order valence-corrected chi connectivity index (χ2v) is 3.81. The molecule has 2 rings (SSSR count). The van der Waals surface area contributed by atoms with Crippen LogP contribution in [-0.4, -0.2) is 26.1 Å². The molecule has 2 aromatic rings. The number of aromatic nitrogens is 3. The van der Waals surface area contributed by atoms with Crippen LogP contribution in [0.2, 0.25) is 0 Å². The highest BCUT2D eigenvalue weighted by Crippen LogP contribution is 2.29. The molecule has 7 heteroatoms. The monoisotopic (exact) mass is 236 g/mol. The molecule has 6 nitrogen and oxygen atoms in total. The number of aromatic amines is 1. The molecule has 2 aromatic heterocycles. The smallest absolute Gasteiger partial charge is 0.288 e. The van der Waals surface area contributed by atoms with E-state index in [1.165, 1.54) is 24.0 Å². The molecular formula is C9H8N4O2S. The van der Waals surface area contributed by atoms with Gasteiger partial charge in [-0.05, 0) is 6.26 Å². The lowest BCUT2D eigenvalue weighted by atomic mass is 10.3. The fourth-order valence-electron chi connectivity index (χ4n) is 1.28. The highest BCUT2D eigenvalue weighted by Gasteiger charge is 2.13. The Bertz CT molecular complexity index is 512. The first-order valence-electron chi connectivity index (χ1n) is 4.39. The number of nitro groups is 1. The van der Waals surface area contributed by atoms with Crippen molar-refractivity contribution < 1.29 is 4.92 Å². The number of hydrogen-bond donors (Lipinski definition) is 1. The molecule has 0 atom stereocenters. The van der Waals surface area contributed by atoms with Crippen LogP contribution in [0.5, 0.6) is 0 Å². The zero-order valence-electron chi connectivity index (χ0n) is 8.38. The first-order chi connectivity index (χ1) is 7.72. The van der Waals surface area contributed by atoms with E-state index in [9.17, 15) is 10.1 Å². The maximum Gasteiger partial charge on any atom is 0.288 e. The van der Waals surface area contributed by atoms with Crippen molar-refractivity contribution in [3.63, 3.8) is 0 Å². The third-order valence-electron chi connectivity index (χ3n) is 2.02. The summed E-state index contributed by atoms with van der Waals surface area (Å²) in [6.07, 6.45) is 6.27. The van der Waals surface area contributed by atoms with Gasteiger partial charge in [0.1, 0.15) is 11.9 Å². The Morgan fingerprint density at radius 1 is 1.50 bits per heavy atom. The summed E-state index contributed by atoms with van der Waals surface area (Å²) in [7, 11) is 0. The van der Waals surface area contributed by atoms with Crippen LogP contribution in [-0.2, 0) is 0 Å². The van der Waals surface area contributed by atoms with Crippen LogP contribution >= 0.6 is 11.8 Å². The van der Waals surface area contributed by atoms with Gasteiger partial charge < -0.3 is 4.98 Å². The fraction of sp³-hybridized carbons (Fsp3) is 0.111. The Balaban J connectivity index is 2.51. The lowest BCUT2D eigenvalue weighted by Gasteiger charge is -2.03. The normalized spacial score (nSPS) is 10.3. The second kappa shape index (κ2) is 4.31. The molecule has 16 heavy (non-hydrogen) atoms. The summed E-state index contributed by atoms with van der Waals surface area (Å²) in [6.45, 7) is 0. The predicted octanol–water partition coefficient (Wildman–Crippen LogP) is 2.10. The number of pyridine rings is 1. The molecule has 0 aliphatic carbocycles. The molecule has 0 amide bonds. The van der Waals surface area contributed by atoms with Crippen molar-refractivity contribution in [3.05, 3.63) is 34.9 Å². The number of nitrogens with one attached hydrogen (secondary N) is 1. The van der Waals surface area contributed by atoms with Gasteiger partial charge in [-0.2, -0.15) is 0 Å². The molecule has 0 saturated carbocycles. The minimum Gasteiger partial charge on any atom is -0.343 e. The summed E-state index contributed by atoms with van der Waals surface area (Å²) in [5.74, 6) is 0. The maximum atomic E-state index is 10.6. The van der Waals surface area contributed by atoms with Gasteiger partial charge in [0.25, 0.3) is 5.69 Å². The zero-order chi connectivity index (χ0) is 11.5. The van der Waals surface area contributed by atoms with Crippen molar-refractivity contribution in [2.45, 2.75) is 4.90 Å². The van der Waals surface area contributed by atoms with Crippen molar-refractivity contribution >= 4 is 17.4 Å². The van der Waals surface area contributed by atoms with Crippen LogP contribution in [0.1, 0.15) is 0 Å². The van der Waals surface area contributed by atoms with E-state index in [2.05, 4.69) is 15.0 Å². The Hall–Kier alpha value is -1.89. The van der Waals surface area contributed by atoms with Gasteiger partial charge in [0.15, 0.2) is 0 Å². The second-order valence-electron chi connectivity index (χ2n) is 2.97. The van der Waals surface area contributed by atoms with Gasteiger partial charge in [0, 0.05) is 11.0 Å². The van der Waals surface area contributed by atoms with Gasteiger partial charge in [-0.25, -0.2) is 9.97 Å². The van der Waals surface area contributed by atoms with Gasteiger partial charge in [0.05, 0.1) is 23.1 Å². The topological polar surface area (TPSA) is 84.7 Å². The first kappa shape index (κ1) is 10.6. The van der Waals surface area contributed by atoms with E-state index >= 15 is 0 Å². The molecule has 2 heterocycles. The molecule has 82 valence electrons. The lowest BCUT2D eigenvalue weighted by Crippen LogP contribution is -1.93. The van der Waals surface area contributed by atoms with Crippen LogP contribution in [0, 0.1) is 10.1 Å². The predicted molar refractivity (Wildman–Crippen MR) is 60.3 cm³/mol. The number of rotatable bonds is 3. The fourth-order valence-corrected chi connectivity index (χ4v) is 1.87. The van der Waals surface area contributed by atoms with Crippen molar-refractivity contribution in [1.82, 2.24) is 15.0 Å². The van der Waals surface area contributed by atoms with Crippen molar-refractivity contribution in [2.75, 3.05) is 6.26 Å². The van der Waals surface area contributed by atoms with E-state index in [4.69, 9.17) is 0 Å². The van der Waals surface area contributed by atoms with Gasteiger partial charge >= 0.3 is 0 Å². The van der Waals surface area contributed by atoms with Crippen LogP contribution < -0.4 is 0 Å². The minimum absolute atomic E-state index is 0.00684. The zero-order valence-corrected chi connectivity index (χ0v) is 9.19. The number of H-pyrrole nitrogens is 1.